The zero-order chi connectivity index (χ0) is 29.5. The molecule has 0 unspecified atom stereocenters. The zero-order valence-corrected chi connectivity index (χ0v) is 26.7. The minimum absolute atomic E-state index is 1.07. The summed E-state index contributed by atoms with van der Waals surface area (Å²) in [4.78, 5) is 0. The fourth-order valence-electron chi connectivity index (χ4n) is 2.82. The van der Waals surface area contributed by atoms with Gasteiger partial charge in [-0.05, 0) is 0 Å². The maximum Gasteiger partial charge on any atom is -0.0809 e. The second kappa shape index (κ2) is 29.0. The standard InChI is InChI=1S/2C9H7.2C6H5.2C4H9.Si.Ti/c2*1-2-5-9-7-3-6-8(9)4-1;2*1-2-4-6-5-3-1;2*1-3-4-2;;/h2*1-7H;2*1-5H;2*1,3-4H2,2H3;;/q6*-1;;. The smallest absolute Gasteiger partial charge is 0.0809 e. The maximum atomic E-state index is 3.60. The Kier molecular flexibility index (Phi) is 26.9. The van der Waals surface area contributed by atoms with Gasteiger partial charge < -0.3 is 13.8 Å². The van der Waals surface area contributed by atoms with Gasteiger partial charge in [0.25, 0.3) is 0 Å². The van der Waals surface area contributed by atoms with Crippen molar-refractivity contribution in [3.8, 4) is 0 Å². The molecule has 0 aliphatic rings. The van der Waals surface area contributed by atoms with Crippen LogP contribution < -0.4 is 0 Å². The van der Waals surface area contributed by atoms with Crippen molar-refractivity contribution in [1.29, 1.82) is 0 Å². The second-order valence-corrected chi connectivity index (χ2v) is 8.17. The van der Waals surface area contributed by atoms with Crippen LogP contribution in [0.15, 0.2) is 146 Å². The van der Waals surface area contributed by atoms with Crippen molar-refractivity contribution in [2.75, 3.05) is 0 Å². The van der Waals surface area contributed by atoms with Crippen LogP contribution in [0.25, 0.3) is 21.5 Å². The molecule has 6 aromatic rings. The monoisotopic (exact) mass is 574 g/mol. The van der Waals surface area contributed by atoms with Crippen LogP contribution in [-0.4, -0.2) is 7.63 Å². The average molecular weight is 575 g/mol. The van der Waals surface area contributed by atoms with Crippen molar-refractivity contribution in [3.05, 3.63) is 172 Å². The van der Waals surface area contributed by atoms with Crippen LogP contribution in [0.4, 0.5) is 0 Å². The first-order valence-corrected chi connectivity index (χ1v) is 16.5. The number of unbranched alkanes of at least 4 members (excludes halogenated alkanes) is 2. The van der Waals surface area contributed by atoms with E-state index in [-0.39, 0.29) is 0 Å². The number of hydrogen-bond acceptors (Lipinski definition) is 0. The summed E-state index contributed by atoms with van der Waals surface area (Å²) in [5, 5.41) is 5.32. The van der Waals surface area contributed by atoms with E-state index in [1.54, 1.807) is 19.2 Å². The first-order valence-electron chi connectivity index (χ1n) is 13.6. The summed E-state index contributed by atoms with van der Waals surface area (Å²) in [5.41, 5.74) is 0. The molecule has 0 bridgehead atoms. The Labute approximate surface area is 258 Å². The topological polar surface area (TPSA) is 0 Å². The van der Waals surface area contributed by atoms with E-state index in [9.17, 15) is 0 Å². The minimum Gasteiger partial charge on any atom is -0.184 e. The predicted molar refractivity (Wildman–Crippen MR) is 176 cm³/mol. The summed E-state index contributed by atoms with van der Waals surface area (Å²) in [6, 6.07) is 54.3. The molecule has 2 radical (unpaired) electrons. The number of rotatable bonds is 2. The quantitative estimate of drug-likeness (QED) is 0.143. The Bertz CT molecular complexity index is 1050. The van der Waals surface area contributed by atoms with E-state index in [1.807, 2.05) is 60.7 Å². The summed E-state index contributed by atoms with van der Waals surface area (Å²) in [6.45, 7) is 11.4. The third kappa shape index (κ3) is 20.0. The first kappa shape index (κ1) is 37.0. The normalized spacial score (nSPS) is 8.57. The average Bonchev–Trinajstić information content (AvgIpc) is 3.75. The molecule has 0 aromatic heterocycles. The molecular formula is C38H42SiTi-6. The largest absolute Gasteiger partial charge is 0.184 e. The molecule has 0 aliphatic heterocycles. The molecule has 40 heavy (non-hydrogen) atoms. The van der Waals surface area contributed by atoms with Gasteiger partial charge in [-0.1, -0.05) is 38.8 Å². The number of benzene rings is 4. The van der Waals surface area contributed by atoms with Crippen LogP contribution in [0.2, 0.25) is 0 Å². The van der Waals surface area contributed by atoms with Crippen molar-refractivity contribution in [2.45, 2.75) is 39.5 Å². The van der Waals surface area contributed by atoms with Crippen LogP contribution in [0.3, 0.4) is 0 Å². The van der Waals surface area contributed by atoms with Gasteiger partial charge in [0.15, 0.2) is 0 Å². The molecule has 0 atom stereocenters. The maximum absolute atomic E-state index is 3.60. The zero-order valence-electron chi connectivity index (χ0n) is 24.1. The van der Waals surface area contributed by atoms with Crippen LogP contribution in [0, 0.1) is 26.0 Å². The minimum atomic E-state index is 1.07. The fraction of sp³-hybridized carbons (Fsp3) is 0.158. The molecule has 2 heteroatoms. The second-order valence-electron chi connectivity index (χ2n) is 8.17. The third-order valence-corrected chi connectivity index (χ3v) is 5.02. The van der Waals surface area contributed by atoms with Gasteiger partial charge in [0, 0.05) is 0 Å². The Morgan fingerprint density at radius 2 is 0.875 bits per heavy atom. The molecule has 0 nitrogen and oxygen atoms in total. The summed E-state index contributed by atoms with van der Waals surface area (Å²) >= 11 is 1.81. The van der Waals surface area contributed by atoms with E-state index in [0.717, 1.165) is 12.8 Å². The van der Waals surface area contributed by atoms with Gasteiger partial charge in [0.2, 0.25) is 0 Å². The Balaban J connectivity index is 0.000000465. The number of hydrogen-bond donors (Lipinski definition) is 0. The van der Waals surface area contributed by atoms with Gasteiger partial charge in [-0.15, -0.1) is 59.3 Å². The Morgan fingerprint density at radius 1 is 0.550 bits per heavy atom. The van der Waals surface area contributed by atoms with Gasteiger partial charge >= 0.3 is 26.8 Å². The van der Waals surface area contributed by atoms with Crippen molar-refractivity contribution in [1.82, 2.24) is 0 Å². The van der Waals surface area contributed by atoms with Crippen LogP contribution in [-0.2, 0) is 19.2 Å². The van der Waals surface area contributed by atoms with Gasteiger partial charge in [-0.3, -0.25) is 0 Å². The van der Waals surface area contributed by atoms with Crippen molar-refractivity contribution in [2.24, 2.45) is 0 Å². The molecular weight excluding hydrogens is 532 g/mol. The summed E-state index contributed by atoms with van der Waals surface area (Å²) in [5.74, 6) is 0. The van der Waals surface area contributed by atoms with Crippen molar-refractivity contribution in [3.63, 3.8) is 0 Å². The van der Waals surface area contributed by atoms with Gasteiger partial charge in [-0.2, -0.15) is 121 Å². The molecule has 0 fully saturated rings. The molecule has 6 rings (SSSR count). The van der Waals surface area contributed by atoms with Gasteiger partial charge in [0.1, 0.15) is 0 Å². The molecule has 0 aliphatic carbocycles. The van der Waals surface area contributed by atoms with E-state index in [0.29, 0.717) is 0 Å². The van der Waals surface area contributed by atoms with Crippen molar-refractivity contribution < 1.29 is 19.2 Å². The molecule has 0 saturated carbocycles. The molecule has 0 amide bonds. The van der Waals surface area contributed by atoms with Crippen LogP contribution in [0.1, 0.15) is 39.5 Å². The van der Waals surface area contributed by atoms with E-state index < -0.39 is 0 Å². The summed E-state index contributed by atoms with van der Waals surface area (Å²) in [7, 11) is 2.97. The molecule has 0 saturated heterocycles. The Hall–Kier alpha value is -2.97. The van der Waals surface area contributed by atoms with Crippen LogP contribution in [0.5, 0.6) is 0 Å². The molecule has 0 spiro atoms. The van der Waals surface area contributed by atoms with Crippen molar-refractivity contribution >= 4 is 29.2 Å². The molecule has 0 heterocycles. The Morgan fingerprint density at radius 3 is 1.10 bits per heavy atom. The summed E-state index contributed by atoms with van der Waals surface area (Å²) in [6.07, 6.45) is 4.56. The summed E-state index contributed by atoms with van der Waals surface area (Å²) < 4.78 is 0. The SMILES string of the molecule is [CH2-]CCC.[CH2-]CCC.[Si]=[Ti].[c-]1ccccc1.[c-]1ccccc1.c1ccc2[cH-]ccc2c1.c1ccc2[cH-]ccc2c1. The van der Waals surface area contributed by atoms with Crippen LogP contribution >= 0.6 is 0 Å². The van der Waals surface area contributed by atoms with Gasteiger partial charge in [-0.25, -0.2) is 0 Å². The fourth-order valence-corrected chi connectivity index (χ4v) is 2.82. The van der Waals surface area contributed by atoms with E-state index in [2.05, 4.69) is 132 Å². The van der Waals surface area contributed by atoms with Gasteiger partial charge in [0.05, 0.1) is 0 Å². The number of fused-ring (bicyclic) bond motifs is 2. The predicted octanol–water partition coefficient (Wildman–Crippen LogP) is 10.9. The first-order chi connectivity index (χ1) is 19.8. The van der Waals surface area contributed by atoms with E-state index in [4.69, 9.17) is 0 Å². The molecule has 6 aromatic carbocycles. The molecule has 208 valence electrons. The van der Waals surface area contributed by atoms with E-state index >= 15 is 0 Å². The van der Waals surface area contributed by atoms with E-state index in [1.165, 1.54) is 34.4 Å². The third-order valence-electron chi connectivity index (χ3n) is 5.02. The molecule has 0 N–H and O–H groups in total.